The van der Waals surface area contributed by atoms with Crippen LogP contribution in [0.15, 0.2) is 36.4 Å². The average molecular weight is 387 g/mol. The zero-order valence-electron chi connectivity index (χ0n) is 11.2. The molecule has 0 amide bonds. The molecule has 0 fully saturated rings. The first-order valence-corrected chi connectivity index (χ1v) is 7.12. The zero-order chi connectivity index (χ0) is 14.5. The molecule has 0 aliphatic heterocycles. The number of para-hydroxylation sites is 1. The number of nitrogens with one attached hydrogen (secondary N) is 1. The maximum absolute atomic E-state index is 13.1. The SMILES string of the molecule is COc1cccc(CNc2ccc(F)cc2I)c1OC. The fourth-order valence-corrected chi connectivity index (χ4v) is 2.58. The van der Waals surface area contributed by atoms with Crippen molar-refractivity contribution in [3.8, 4) is 11.5 Å². The summed E-state index contributed by atoms with van der Waals surface area (Å²) in [4.78, 5) is 0. The maximum atomic E-state index is 13.1. The molecule has 0 spiro atoms. The summed E-state index contributed by atoms with van der Waals surface area (Å²) >= 11 is 2.10. The fraction of sp³-hybridized carbons (Fsp3) is 0.200. The second kappa shape index (κ2) is 6.78. The molecule has 5 heteroatoms. The van der Waals surface area contributed by atoms with Crippen LogP contribution >= 0.6 is 22.6 Å². The van der Waals surface area contributed by atoms with Gasteiger partial charge in [-0.05, 0) is 46.9 Å². The van der Waals surface area contributed by atoms with Gasteiger partial charge >= 0.3 is 0 Å². The van der Waals surface area contributed by atoms with Gasteiger partial charge in [0.1, 0.15) is 5.82 Å². The minimum absolute atomic E-state index is 0.237. The summed E-state index contributed by atoms with van der Waals surface area (Å²) in [5.41, 5.74) is 1.86. The molecule has 2 aromatic rings. The monoisotopic (exact) mass is 387 g/mol. The molecule has 2 rings (SSSR count). The molecule has 0 aliphatic rings. The number of ether oxygens (including phenoxy) is 2. The lowest BCUT2D eigenvalue weighted by Gasteiger charge is -2.14. The van der Waals surface area contributed by atoms with E-state index < -0.39 is 0 Å². The van der Waals surface area contributed by atoms with Crippen LogP contribution in [-0.4, -0.2) is 14.2 Å². The predicted octanol–water partition coefficient (Wildman–Crippen LogP) is 4.06. The van der Waals surface area contributed by atoms with Crippen LogP contribution in [0, 0.1) is 9.39 Å². The van der Waals surface area contributed by atoms with E-state index in [2.05, 4.69) is 27.9 Å². The van der Waals surface area contributed by atoms with Crippen molar-refractivity contribution in [2.24, 2.45) is 0 Å². The molecule has 0 saturated heterocycles. The molecule has 0 bridgehead atoms. The van der Waals surface area contributed by atoms with Crippen LogP contribution in [0.5, 0.6) is 11.5 Å². The quantitative estimate of drug-likeness (QED) is 0.786. The maximum Gasteiger partial charge on any atom is 0.165 e. The third kappa shape index (κ3) is 3.33. The summed E-state index contributed by atoms with van der Waals surface area (Å²) in [5.74, 6) is 1.17. The van der Waals surface area contributed by atoms with Crippen molar-refractivity contribution in [2.45, 2.75) is 6.54 Å². The largest absolute Gasteiger partial charge is 0.493 e. The number of rotatable bonds is 5. The number of methoxy groups -OCH3 is 2. The van der Waals surface area contributed by atoms with E-state index in [1.54, 1.807) is 20.3 Å². The molecule has 1 N–H and O–H groups in total. The van der Waals surface area contributed by atoms with E-state index in [9.17, 15) is 4.39 Å². The number of benzene rings is 2. The van der Waals surface area contributed by atoms with Gasteiger partial charge in [-0.2, -0.15) is 0 Å². The van der Waals surface area contributed by atoms with Crippen LogP contribution < -0.4 is 14.8 Å². The molecule has 2 aromatic carbocycles. The Bertz CT molecular complexity index is 604. The smallest absolute Gasteiger partial charge is 0.165 e. The van der Waals surface area contributed by atoms with Gasteiger partial charge in [-0.25, -0.2) is 4.39 Å². The van der Waals surface area contributed by atoms with E-state index >= 15 is 0 Å². The number of anilines is 1. The van der Waals surface area contributed by atoms with Gasteiger partial charge < -0.3 is 14.8 Å². The summed E-state index contributed by atoms with van der Waals surface area (Å²) in [7, 11) is 3.22. The molecule has 3 nitrogen and oxygen atoms in total. The predicted molar refractivity (Wildman–Crippen MR) is 86.0 cm³/mol. The van der Waals surface area contributed by atoms with Gasteiger partial charge in [-0.1, -0.05) is 12.1 Å². The van der Waals surface area contributed by atoms with Crippen molar-refractivity contribution in [1.82, 2.24) is 0 Å². The van der Waals surface area contributed by atoms with E-state index in [0.29, 0.717) is 18.0 Å². The highest BCUT2D eigenvalue weighted by atomic mass is 127. The first-order valence-electron chi connectivity index (χ1n) is 6.04. The molecular weight excluding hydrogens is 372 g/mol. The molecular formula is C15H15FINO2. The normalized spacial score (nSPS) is 10.2. The summed E-state index contributed by atoms with van der Waals surface area (Å²) in [6.07, 6.45) is 0. The Morgan fingerprint density at radius 1 is 1.15 bits per heavy atom. The first-order chi connectivity index (χ1) is 9.65. The van der Waals surface area contributed by atoms with Crippen molar-refractivity contribution in [3.63, 3.8) is 0 Å². The summed E-state index contributed by atoms with van der Waals surface area (Å²) in [5, 5.41) is 3.27. The minimum atomic E-state index is -0.237. The Hall–Kier alpha value is -1.50. The van der Waals surface area contributed by atoms with Crippen molar-refractivity contribution >= 4 is 28.3 Å². The standard InChI is InChI=1S/C15H15FINO2/c1-19-14-5-3-4-10(15(14)20-2)9-18-13-7-6-11(16)8-12(13)17/h3-8,18H,9H2,1-2H3. The Labute approximate surface area is 131 Å². The lowest BCUT2D eigenvalue weighted by Crippen LogP contribution is -2.04. The lowest BCUT2D eigenvalue weighted by molar-refractivity contribution is 0.352. The second-order valence-corrected chi connectivity index (χ2v) is 5.29. The van der Waals surface area contributed by atoms with Crippen LogP contribution in [0.4, 0.5) is 10.1 Å². The molecule has 0 atom stereocenters. The molecule has 20 heavy (non-hydrogen) atoms. The second-order valence-electron chi connectivity index (χ2n) is 4.13. The molecule has 0 aliphatic carbocycles. The summed E-state index contributed by atoms with van der Waals surface area (Å²) < 4.78 is 24.5. The Balaban J connectivity index is 2.18. The van der Waals surface area contributed by atoms with Crippen LogP contribution in [0.2, 0.25) is 0 Å². The first kappa shape index (κ1) is 14.9. The molecule has 0 unspecified atom stereocenters. The summed E-state index contributed by atoms with van der Waals surface area (Å²) in [6.45, 7) is 0.571. The molecule has 106 valence electrons. The van der Waals surface area contributed by atoms with Crippen LogP contribution in [0.1, 0.15) is 5.56 Å². The molecule has 0 saturated carbocycles. The molecule has 0 heterocycles. The van der Waals surface area contributed by atoms with Gasteiger partial charge in [-0.15, -0.1) is 0 Å². The molecule has 0 radical (unpaired) electrons. The number of hydrogen-bond acceptors (Lipinski definition) is 3. The Kier molecular flexibility index (Phi) is 5.05. The van der Waals surface area contributed by atoms with Crippen molar-refractivity contribution < 1.29 is 13.9 Å². The van der Waals surface area contributed by atoms with Gasteiger partial charge in [0, 0.05) is 21.4 Å². The third-order valence-corrected chi connectivity index (χ3v) is 3.78. The number of halogens is 2. The highest BCUT2D eigenvalue weighted by molar-refractivity contribution is 14.1. The van der Waals surface area contributed by atoms with Crippen LogP contribution in [-0.2, 0) is 6.54 Å². The van der Waals surface area contributed by atoms with Crippen LogP contribution in [0.25, 0.3) is 0 Å². The van der Waals surface area contributed by atoms with Crippen molar-refractivity contribution in [1.29, 1.82) is 0 Å². The fourth-order valence-electron chi connectivity index (χ4n) is 1.92. The number of hydrogen-bond donors (Lipinski definition) is 1. The lowest BCUT2D eigenvalue weighted by atomic mass is 10.1. The van der Waals surface area contributed by atoms with Gasteiger partial charge in [-0.3, -0.25) is 0 Å². The highest BCUT2D eigenvalue weighted by Gasteiger charge is 2.09. The highest BCUT2D eigenvalue weighted by Crippen LogP contribution is 2.31. The van der Waals surface area contributed by atoms with E-state index in [0.717, 1.165) is 14.8 Å². The summed E-state index contributed by atoms with van der Waals surface area (Å²) in [6, 6.07) is 10.4. The average Bonchev–Trinajstić information content (AvgIpc) is 2.45. The van der Waals surface area contributed by atoms with E-state index in [4.69, 9.17) is 9.47 Å². The van der Waals surface area contributed by atoms with Gasteiger partial charge in [0.25, 0.3) is 0 Å². The van der Waals surface area contributed by atoms with E-state index in [-0.39, 0.29) is 5.82 Å². The minimum Gasteiger partial charge on any atom is -0.493 e. The van der Waals surface area contributed by atoms with Crippen LogP contribution in [0.3, 0.4) is 0 Å². The van der Waals surface area contributed by atoms with E-state index in [1.165, 1.54) is 12.1 Å². The van der Waals surface area contributed by atoms with E-state index in [1.807, 2.05) is 18.2 Å². The van der Waals surface area contributed by atoms with Gasteiger partial charge in [0.05, 0.1) is 14.2 Å². The Morgan fingerprint density at radius 3 is 2.60 bits per heavy atom. The van der Waals surface area contributed by atoms with Crippen molar-refractivity contribution in [3.05, 3.63) is 51.3 Å². The molecule has 0 aromatic heterocycles. The zero-order valence-corrected chi connectivity index (χ0v) is 13.4. The van der Waals surface area contributed by atoms with Gasteiger partial charge in [0.15, 0.2) is 11.5 Å². The topological polar surface area (TPSA) is 30.5 Å². The Morgan fingerprint density at radius 2 is 1.95 bits per heavy atom. The van der Waals surface area contributed by atoms with Gasteiger partial charge in [0.2, 0.25) is 0 Å². The van der Waals surface area contributed by atoms with Crippen molar-refractivity contribution in [2.75, 3.05) is 19.5 Å². The third-order valence-electron chi connectivity index (χ3n) is 2.88.